The smallest absolute Gasteiger partial charge is 0.0471 e. The maximum absolute atomic E-state index is 5.50. The summed E-state index contributed by atoms with van der Waals surface area (Å²) in [4.78, 5) is 0. The average molecular weight is 213 g/mol. The fraction of sp³-hybridized carbons (Fsp3) is 1.00. The highest BCUT2D eigenvalue weighted by Gasteiger charge is 2.32. The topological polar surface area (TPSA) is 21.3 Å². The van der Waals surface area contributed by atoms with Gasteiger partial charge < -0.3 is 10.1 Å². The van der Waals surface area contributed by atoms with Crippen molar-refractivity contribution in [2.24, 2.45) is 5.41 Å². The molecular weight excluding hydrogens is 186 g/mol. The molecule has 0 aromatic carbocycles. The summed E-state index contributed by atoms with van der Waals surface area (Å²) in [5.41, 5.74) is 0.560. The Morgan fingerprint density at radius 3 is 2.53 bits per heavy atom. The molecule has 0 aromatic heterocycles. The van der Waals surface area contributed by atoms with Gasteiger partial charge in [0, 0.05) is 19.8 Å². The van der Waals surface area contributed by atoms with Gasteiger partial charge in [-0.1, -0.05) is 19.8 Å². The van der Waals surface area contributed by atoms with Gasteiger partial charge in [0.15, 0.2) is 0 Å². The maximum atomic E-state index is 5.50. The van der Waals surface area contributed by atoms with Crippen molar-refractivity contribution in [3.05, 3.63) is 0 Å². The minimum absolute atomic E-state index is 0.560. The van der Waals surface area contributed by atoms with Crippen molar-refractivity contribution in [2.75, 3.05) is 26.3 Å². The Kier molecular flexibility index (Phi) is 6.26. The van der Waals surface area contributed by atoms with Gasteiger partial charge in [0.2, 0.25) is 0 Å². The predicted molar refractivity (Wildman–Crippen MR) is 65.2 cm³/mol. The normalized spacial score (nSPS) is 19.6. The quantitative estimate of drug-likeness (QED) is 0.626. The van der Waals surface area contributed by atoms with Gasteiger partial charge in [-0.3, -0.25) is 0 Å². The lowest BCUT2D eigenvalue weighted by Gasteiger charge is -2.29. The third-order valence-electron chi connectivity index (χ3n) is 3.57. The van der Waals surface area contributed by atoms with Crippen LogP contribution in [0.15, 0.2) is 0 Å². The van der Waals surface area contributed by atoms with Gasteiger partial charge in [0.05, 0.1) is 0 Å². The first kappa shape index (κ1) is 13.0. The summed E-state index contributed by atoms with van der Waals surface area (Å²) in [5, 5.41) is 3.59. The number of ether oxygens (including phenoxy) is 1. The molecule has 0 atom stereocenters. The van der Waals surface area contributed by atoms with Gasteiger partial charge in [-0.2, -0.15) is 0 Å². The molecule has 90 valence electrons. The Hall–Kier alpha value is -0.0800. The maximum Gasteiger partial charge on any atom is 0.0471 e. The standard InChI is InChI=1S/C13H27NO/c1-3-10-14-12-13(7-5-6-8-13)9-11-15-4-2/h14H,3-12H2,1-2H3. The van der Waals surface area contributed by atoms with Crippen LogP contribution in [0, 0.1) is 5.41 Å². The second-order valence-electron chi connectivity index (χ2n) is 4.83. The number of nitrogens with one attached hydrogen (secondary N) is 1. The average Bonchev–Trinajstić information content (AvgIpc) is 2.68. The molecule has 1 fully saturated rings. The van der Waals surface area contributed by atoms with Gasteiger partial charge in [0.25, 0.3) is 0 Å². The second kappa shape index (κ2) is 7.24. The molecule has 0 saturated heterocycles. The zero-order valence-electron chi connectivity index (χ0n) is 10.5. The zero-order valence-corrected chi connectivity index (χ0v) is 10.5. The van der Waals surface area contributed by atoms with Crippen LogP contribution < -0.4 is 5.32 Å². The third kappa shape index (κ3) is 4.52. The summed E-state index contributed by atoms with van der Waals surface area (Å²) in [7, 11) is 0. The molecule has 1 saturated carbocycles. The molecule has 1 N–H and O–H groups in total. The first-order chi connectivity index (χ1) is 7.33. The highest BCUT2D eigenvalue weighted by atomic mass is 16.5. The van der Waals surface area contributed by atoms with Gasteiger partial charge in [-0.25, -0.2) is 0 Å². The lowest BCUT2D eigenvalue weighted by atomic mass is 9.83. The van der Waals surface area contributed by atoms with E-state index in [1.807, 2.05) is 0 Å². The number of hydrogen-bond acceptors (Lipinski definition) is 2. The minimum Gasteiger partial charge on any atom is -0.382 e. The summed E-state index contributed by atoms with van der Waals surface area (Å²) in [6.45, 7) is 8.48. The summed E-state index contributed by atoms with van der Waals surface area (Å²) >= 11 is 0. The Morgan fingerprint density at radius 1 is 1.20 bits per heavy atom. The fourth-order valence-electron chi connectivity index (χ4n) is 2.60. The van der Waals surface area contributed by atoms with Gasteiger partial charge in [-0.05, 0) is 44.6 Å². The van der Waals surface area contributed by atoms with Crippen molar-refractivity contribution in [2.45, 2.75) is 52.4 Å². The molecule has 2 heteroatoms. The van der Waals surface area contributed by atoms with E-state index in [-0.39, 0.29) is 0 Å². The third-order valence-corrected chi connectivity index (χ3v) is 3.57. The van der Waals surface area contributed by atoms with Crippen LogP contribution in [-0.4, -0.2) is 26.3 Å². The van der Waals surface area contributed by atoms with Crippen molar-refractivity contribution in [3.8, 4) is 0 Å². The van der Waals surface area contributed by atoms with E-state index < -0.39 is 0 Å². The van der Waals surface area contributed by atoms with Crippen molar-refractivity contribution >= 4 is 0 Å². The van der Waals surface area contributed by atoms with Gasteiger partial charge in [0.1, 0.15) is 0 Å². The van der Waals surface area contributed by atoms with E-state index in [4.69, 9.17) is 4.74 Å². The van der Waals surface area contributed by atoms with E-state index in [2.05, 4.69) is 19.2 Å². The monoisotopic (exact) mass is 213 g/mol. The molecule has 0 aromatic rings. The summed E-state index contributed by atoms with van der Waals surface area (Å²) in [6, 6.07) is 0. The van der Waals surface area contributed by atoms with Crippen LogP contribution in [0.4, 0.5) is 0 Å². The molecule has 0 spiro atoms. The summed E-state index contributed by atoms with van der Waals surface area (Å²) < 4.78 is 5.50. The van der Waals surface area contributed by atoms with Crippen LogP contribution in [-0.2, 0) is 4.74 Å². The Bertz CT molecular complexity index is 141. The largest absolute Gasteiger partial charge is 0.382 e. The van der Waals surface area contributed by atoms with E-state index in [9.17, 15) is 0 Å². The van der Waals surface area contributed by atoms with E-state index in [0.29, 0.717) is 5.41 Å². The van der Waals surface area contributed by atoms with Gasteiger partial charge >= 0.3 is 0 Å². The predicted octanol–water partition coefficient (Wildman–Crippen LogP) is 2.97. The fourth-order valence-corrected chi connectivity index (χ4v) is 2.60. The van der Waals surface area contributed by atoms with Crippen molar-refractivity contribution in [1.82, 2.24) is 5.32 Å². The molecule has 1 rings (SSSR count). The number of rotatable bonds is 8. The molecule has 15 heavy (non-hydrogen) atoms. The van der Waals surface area contributed by atoms with Crippen LogP contribution in [0.2, 0.25) is 0 Å². The molecule has 0 heterocycles. The second-order valence-corrected chi connectivity index (χ2v) is 4.83. The van der Waals surface area contributed by atoms with Crippen LogP contribution in [0.5, 0.6) is 0 Å². The minimum atomic E-state index is 0.560. The SMILES string of the molecule is CCCNCC1(CCOCC)CCCC1. The highest BCUT2D eigenvalue weighted by molar-refractivity contribution is 4.86. The zero-order chi connectivity index (χ0) is 11.0. The van der Waals surface area contributed by atoms with Gasteiger partial charge in [-0.15, -0.1) is 0 Å². The molecular formula is C13H27NO. The van der Waals surface area contributed by atoms with E-state index in [0.717, 1.165) is 19.8 Å². The molecule has 0 bridgehead atoms. The van der Waals surface area contributed by atoms with Crippen LogP contribution in [0.25, 0.3) is 0 Å². The molecule has 0 aliphatic heterocycles. The lowest BCUT2D eigenvalue weighted by Crippen LogP contribution is -2.33. The summed E-state index contributed by atoms with van der Waals surface area (Å²) in [5.74, 6) is 0. The van der Waals surface area contributed by atoms with Crippen molar-refractivity contribution < 1.29 is 4.74 Å². The molecule has 0 amide bonds. The van der Waals surface area contributed by atoms with Crippen LogP contribution >= 0.6 is 0 Å². The van der Waals surface area contributed by atoms with Crippen LogP contribution in [0.1, 0.15) is 52.4 Å². The van der Waals surface area contributed by atoms with Crippen molar-refractivity contribution in [1.29, 1.82) is 0 Å². The van der Waals surface area contributed by atoms with E-state index >= 15 is 0 Å². The highest BCUT2D eigenvalue weighted by Crippen LogP contribution is 2.40. The Morgan fingerprint density at radius 2 is 1.93 bits per heavy atom. The number of hydrogen-bond donors (Lipinski definition) is 1. The molecule has 2 nitrogen and oxygen atoms in total. The van der Waals surface area contributed by atoms with Crippen molar-refractivity contribution in [3.63, 3.8) is 0 Å². The van der Waals surface area contributed by atoms with Crippen LogP contribution in [0.3, 0.4) is 0 Å². The molecule has 0 radical (unpaired) electrons. The first-order valence-corrected chi connectivity index (χ1v) is 6.61. The van der Waals surface area contributed by atoms with E-state index in [1.165, 1.54) is 45.1 Å². The lowest BCUT2D eigenvalue weighted by molar-refractivity contribution is 0.103. The summed E-state index contributed by atoms with van der Waals surface area (Å²) in [6.07, 6.45) is 8.12. The molecule has 1 aliphatic rings. The Labute approximate surface area is 94.8 Å². The Balaban J connectivity index is 2.26. The molecule has 1 aliphatic carbocycles. The first-order valence-electron chi connectivity index (χ1n) is 6.61. The molecule has 0 unspecified atom stereocenters. The van der Waals surface area contributed by atoms with E-state index in [1.54, 1.807) is 0 Å².